The molecule has 1 aromatic heterocycles. The number of carbonyl (C=O) groups is 1. The summed E-state index contributed by atoms with van der Waals surface area (Å²) < 4.78 is 42.0. The number of amides is 1. The highest BCUT2D eigenvalue weighted by atomic mass is 35.5. The molecular formula is C27H29ClFN5O3S2. The van der Waals surface area contributed by atoms with Gasteiger partial charge in [0, 0.05) is 50.5 Å². The molecule has 2 heterocycles. The van der Waals surface area contributed by atoms with Gasteiger partial charge in [0.25, 0.3) is 15.9 Å². The lowest BCUT2D eigenvalue weighted by atomic mass is 10.2. The van der Waals surface area contributed by atoms with Crippen LogP contribution in [0, 0.1) is 12.7 Å². The second-order valence-corrected chi connectivity index (χ2v) is 11.9. The van der Waals surface area contributed by atoms with Crippen molar-refractivity contribution in [2.24, 2.45) is 0 Å². The number of hydrogen-bond donors (Lipinski definition) is 2. The zero-order valence-corrected chi connectivity index (χ0v) is 23.7. The molecular weight excluding hydrogens is 561 g/mol. The van der Waals surface area contributed by atoms with Crippen LogP contribution in [-0.4, -0.2) is 63.5 Å². The molecule has 5 rings (SSSR count). The molecule has 0 unspecified atom stereocenters. The number of piperazine rings is 1. The molecule has 8 nitrogen and oxygen atoms in total. The Morgan fingerprint density at radius 1 is 1.00 bits per heavy atom. The summed E-state index contributed by atoms with van der Waals surface area (Å²) in [4.78, 5) is 21.9. The minimum Gasteiger partial charge on any atom is -0.351 e. The first-order chi connectivity index (χ1) is 18.3. The van der Waals surface area contributed by atoms with Crippen molar-refractivity contribution < 1.29 is 17.6 Å². The molecule has 1 fully saturated rings. The van der Waals surface area contributed by atoms with Crippen LogP contribution in [0.5, 0.6) is 0 Å². The Morgan fingerprint density at radius 3 is 2.38 bits per heavy atom. The van der Waals surface area contributed by atoms with E-state index in [1.807, 2.05) is 6.92 Å². The molecule has 3 aromatic carbocycles. The summed E-state index contributed by atoms with van der Waals surface area (Å²) in [5, 5.41) is 3.84. The van der Waals surface area contributed by atoms with Gasteiger partial charge in [0.15, 0.2) is 5.13 Å². The standard InChI is InChI=1S/C27H28FN5O3S2.ClH/c1-19-2-9-23(10-3-19)38(35,36)31-22-7-4-20(5-8-22)26(34)29-12-13-32-14-16-33(17-15-32)27-30-24-11-6-21(28)18-25(24)37-27;/h2-11,18,31H,12-17H2,1H3,(H,29,34);1H. The Morgan fingerprint density at radius 2 is 1.69 bits per heavy atom. The summed E-state index contributed by atoms with van der Waals surface area (Å²) in [6.45, 7) is 6.43. The minimum atomic E-state index is -3.70. The predicted octanol–water partition coefficient (Wildman–Crippen LogP) is 4.52. The fraction of sp³-hybridized carbons (Fsp3) is 0.259. The SMILES string of the molecule is Cc1ccc(S(=O)(=O)Nc2ccc(C(=O)NCCN3CCN(c4nc5ccc(F)cc5s4)CC3)cc2)cc1.Cl. The zero-order chi connectivity index (χ0) is 26.7. The molecule has 1 amide bonds. The number of benzene rings is 3. The predicted molar refractivity (Wildman–Crippen MR) is 156 cm³/mol. The molecule has 0 aliphatic carbocycles. The van der Waals surface area contributed by atoms with Crippen LogP contribution in [-0.2, 0) is 10.0 Å². The number of rotatable bonds is 8. The van der Waals surface area contributed by atoms with Crippen LogP contribution in [0.25, 0.3) is 10.2 Å². The highest BCUT2D eigenvalue weighted by molar-refractivity contribution is 7.92. The van der Waals surface area contributed by atoms with E-state index in [1.165, 1.54) is 23.5 Å². The maximum Gasteiger partial charge on any atom is 0.261 e. The molecule has 0 atom stereocenters. The third-order valence-corrected chi connectivity index (χ3v) is 8.90. The Labute approximate surface area is 237 Å². The van der Waals surface area contributed by atoms with Crippen LogP contribution in [0.3, 0.4) is 0 Å². The number of carbonyl (C=O) groups excluding carboxylic acids is 1. The summed E-state index contributed by atoms with van der Waals surface area (Å²) >= 11 is 1.50. The Balaban J connectivity index is 0.00000353. The highest BCUT2D eigenvalue weighted by Crippen LogP contribution is 2.29. The maximum absolute atomic E-state index is 13.5. The molecule has 206 valence electrons. The fourth-order valence-electron chi connectivity index (χ4n) is 4.24. The zero-order valence-electron chi connectivity index (χ0n) is 21.3. The minimum absolute atomic E-state index is 0. The van der Waals surface area contributed by atoms with Gasteiger partial charge in [-0.05, 0) is 61.5 Å². The summed E-state index contributed by atoms with van der Waals surface area (Å²) in [6, 6.07) is 17.6. The molecule has 2 N–H and O–H groups in total. The monoisotopic (exact) mass is 589 g/mol. The van der Waals surface area contributed by atoms with Gasteiger partial charge in [-0.3, -0.25) is 14.4 Å². The van der Waals surface area contributed by atoms with Crippen molar-refractivity contribution >= 4 is 60.7 Å². The van der Waals surface area contributed by atoms with Gasteiger partial charge in [-0.1, -0.05) is 29.0 Å². The van der Waals surface area contributed by atoms with Crippen molar-refractivity contribution in [1.29, 1.82) is 0 Å². The first-order valence-electron chi connectivity index (χ1n) is 12.3. The first kappa shape index (κ1) is 28.8. The van der Waals surface area contributed by atoms with E-state index in [4.69, 9.17) is 0 Å². The van der Waals surface area contributed by atoms with E-state index < -0.39 is 10.0 Å². The first-order valence-corrected chi connectivity index (χ1v) is 14.6. The largest absolute Gasteiger partial charge is 0.351 e. The summed E-state index contributed by atoms with van der Waals surface area (Å²) in [5.74, 6) is -0.462. The molecule has 4 aromatic rings. The van der Waals surface area contributed by atoms with E-state index >= 15 is 0 Å². The summed E-state index contributed by atoms with van der Waals surface area (Å²) in [6.07, 6.45) is 0. The van der Waals surface area contributed by atoms with Crippen molar-refractivity contribution in [2.75, 3.05) is 48.9 Å². The van der Waals surface area contributed by atoms with Gasteiger partial charge in [0.1, 0.15) is 5.82 Å². The van der Waals surface area contributed by atoms with Crippen LogP contribution in [0.4, 0.5) is 15.2 Å². The van der Waals surface area contributed by atoms with Crippen LogP contribution in [0.2, 0.25) is 0 Å². The molecule has 0 saturated carbocycles. The molecule has 0 spiro atoms. The van der Waals surface area contributed by atoms with Crippen molar-refractivity contribution in [3.63, 3.8) is 0 Å². The van der Waals surface area contributed by atoms with Crippen molar-refractivity contribution in [3.8, 4) is 0 Å². The maximum atomic E-state index is 13.5. The Hall–Kier alpha value is -3.25. The second kappa shape index (κ2) is 12.3. The van der Waals surface area contributed by atoms with Crippen molar-refractivity contribution in [3.05, 3.63) is 83.7 Å². The third kappa shape index (κ3) is 7.04. The number of fused-ring (bicyclic) bond motifs is 1. The van der Waals surface area contributed by atoms with Gasteiger partial charge in [-0.2, -0.15) is 0 Å². The number of nitrogens with one attached hydrogen (secondary N) is 2. The number of nitrogens with zero attached hydrogens (tertiary/aromatic N) is 3. The van der Waals surface area contributed by atoms with Gasteiger partial charge in [-0.15, -0.1) is 12.4 Å². The topological polar surface area (TPSA) is 94.6 Å². The fourth-order valence-corrected chi connectivity index (χ4v) is 6.34. The molecule has 1 saturated heterocycles. The van der Waals surface area contributed by atoms with Crippen LogP contribution < -0.4 is 14.9 Å². The summed E-state index contributed by atoms with van der Waals surface area (Å²) in [7, 11) is -3.70. The average Bonchev–Trinajstić information content (AvgIpc) is 3.33. The lowest BCUT2D eigenvalue weighted by molar-refractivity contribution is 0.0948. The van der Waals surface area contributed by atoms with Crippen LogP contribution in [0.1, 0.15) is 15.9 Å². The third-order valence-electron chi connectivity index (χ3n) is 6.43. The van der Waals surface area contributed by atoms with E-state index in [0.29, 0.717) is 17.8 Å². The number of thiazole rings is 1. The molecule has 0 bridgehead atoms. The van der Waals surface area contributed by atoms with Crippen LogP contribution >= 0.6 is 23.7 Å². The molecule has 0 radical (unpaired) electrons. The second-order valence-electron chi connectivity index (χ2n) is 9.19. The van der Waals surface area contributed by atoms with Crippen molar-refractivity contribution in [2.45, 2.75) is 11.8 Å². The highest BCUT2D eigenvalue weighted by Gasteiger charge is 2.20. The van der Waals surface area contributed by atoms with Crippen molar-refractivity contribution in [1.82, 2.24) is 15.2 Å². The number of anilines is 2. The van der Waals surface area contributed by atoms with E-state index in [0.717, 1.165) is 53.6 Å². The molecule has 1 aliphatic rings. The molecule has 1 aliphatic heterocycles. The lowest BCUT2D eigenvalue weighted by Crippen LogP contribution is -2.48. The Kier molecular flexibility index (Phi) is 9.06. The van der Waals surface area contributed by atoms with Gasteiger partial charge in [0.2, 0.25) is 0 Å². The van der Waals surface area contributed by atoms with Crippen LogP contribution in [0.15, 0.2) is 71.6 Å². The number of halogens is 2. The molecule has 39 heavy (non-hydrogen) atoms. The smallest absolute Gasteiger partial charge is 0.261 e. The average molecular weight is 590 g/mol. The Bertz CT molecular complexity index is 1540. The summed E-state index contributed by atoms with van der Waals surface area (Å²) in [5.41, 5.74) is 2.64. The lowest BCUT2D eigenvalue weighted by Gasteiger charge is -2.34. The quantitative estimate of drug-likeness (QED) is 0.314. The number of sulfonamides is 1. The van der Waals surface area contributed by atoms with Gasteiger partial charge >= 0.3 is 0 Å². The molecule has 12 heteroatoms. The van der Waals surface area contributed by atoms with Gasteiger partial charge < -0.3 is 10.2 Å². The van der Waals surface area contributed by atoms with E-state index in [2.05, 4.69) is 24.8 Å². The number of hydrogen-bond acceptors (Lipinski definition) is 7. The van der Waals surface area contributed by atoms with Gasteiger partial charge in [0.05, 0.1) is 15.1 Å². The number of aryl methyl sites for hydroxylation is 1. The van der Waals surface area contributed by atoms with E-state index in [1.54, 1.807) is 54.6 Å². The number of aromatic nitrogens is 1. The normalized spacial score (nSPS) is 14.2. The van der Waals surface area contributed by atoms with Gasteiger partial charge in [-0.25, -0.2) is 17.8 Å². The van der Waals surface area contributed by atoms with E-state index in [9.17, 15) is 17.6 Å². The van der Waals surface area contributed by atoms with E-state index in [-0.39, 0.29) is 29.0 Å².